The molecule has 19 heavy (non-hydrogen) atoms. The van der Waals surface area contributed by atoms with Crippen molar-refractivity contribution in [3.63, 3.8) is 0 Å². The normalized spacial score (nSPS) is 10.6. The van der Waals surface area contributed by atoms with Crippen LogP contribution in [-0.4, -0.2) is 21.0 Å². The molecule has 0 saturated carbocycles. The van der Waals surface area contributed by atoms with Gasteiger partial charge >= 0.3 is 5.97 Å². The second kappa shape index (κ2) is 6.10. The van der Waals surface area contributed by atoms with Gasteiger partial charge < -0.3 is 14.8 Å². The zero-order valence-corrected chi connectivity index (χ0v) is 10.6. The lowest BCUT2D eigenvalue weighted by Gasteiger charge is -2.02. The maximum atomic E-state index is 10.7. The topological polar surface area (TPSA) is 88.2 Å². The fourth-order valence-electron chi connectivity index (χ4n) is 1.55. The van der Waals surface area contributed by atoms with Crippen molar-refractivity contribution in [3.8, 4) is 0 Å². The van der Waals surface area contributed by atoms with Crippen LogP contribution in [0.1, 0.15) is 34.6 Å². The van der Waals surface area contributed by atoms with Crippen molar-refractivity contribution >= 4 is 5.97 Å². The van der Waals surface area contributed by atoms with Crippen LogP contribution in [0.4, 0.5) is 0 Å². The molecule has 0 saturated heterocycles. The minimum atomic E-state index is -0.973. The van der Waals surface area contributed by atoms with Gasteiger partial charge in [0.15, 0.2) is 0 Å². The molecule has 0 radical (unpaired) electrons. The van der Waals surface area contributed by atoms with E-state index in [9.17, 15) is 4.79 Å². The number of carboxylic acids is 1. The summed E-state index contributed by atoms with van der Waals surface area (Å²) < 4.78 is 5.45. The molecule has 0 spiro atoms. The Morgan fingerprint density at radius 1 is 1.32 bits per heavy atom. The van der Waals surface area contributed by atoms with Gasteiger partial charge in [-0.15, -0.1) is 0 Å². The van der Waals surface area contributed by atoms with Crippen LogP contribution in [-0.2, 0) is 19.5 Å². The largest absolute Gasteiger partial charge is 0.478 e. The number of hydrogen-bond donors (Lipinski definition) is 2. The van der Waals surface area contributed by atoms with E-state index in [4.69, 9.17) is 9.52 Å². The molecular weight excluding hydrogens is 246 g/mol. The van der Waals surface area contributed by atoms with Crippen molar-refractivity contribution in [2.45, 2.75) is 26.4 Å². The monoisotopic (exact) mass is 261 g/mol. The van der Waals surface area contributed by atoms with Crippen LogP contribution in [0.3, 0.4) is 0 Å². The molecule has 0 bridgehead atoms. The van der Waals surface area contributed by atoms with Crippen LogP contribution in [0.15, 0.2) is 28.9 Å². The highest BCUT2D eigenvalue weighted by Gasteiger charge is 2.04. The summed E-state index contributed by atoms with van der Waals surface area (Å²) in [5.74, 6) is 0.527. The fraction of sp³-hybridized carbons (Fsp3) is 0.308. The molecule has 2 aromatic heterocycles. The predicted octanol–water partition coefficient (Wildman–Crippen LogP) is 1.62. The van der Waals surface area contributed by atoms with Crippen molar-refractivity contribution in [2.24, 2.45) is 0 Å². The Morgan fingerprint density at radius 3 is 2.74 bits per heavy atom. The molecule has 6 heteroatoms. The van der Waals surface area contributed by atoms with Crippen LogP contribution in [0.2, 0.25) is 0 Å². The molecule has 0 fully saturated rings. The van der Waals surface area contributed by atoms with Gasteiger partial charge in [0.25, 0.3) is 0 Å². The summed E-state index contributed by atoms with van der Waals surface area (Å²) >= 11 is 0. The summed E-state index contributed by atoms with van der Waals surface area (Å²) in [5.41, 5.74) is 0.955. The van der Waals surface area contributed by atoms with Crippen LogP contribution in [0.5, 0.6) is 0 Å². The van der Waals surface area contributed by atoms with E-state index >= 15 is 0 Å². The molecule has 0 aliphatic carbocycles. The van der Waals surface area contributed by atoms with Gasteiger partial charge in [0.05, 0.1) is 24.0 Å². The zero-order valence-electron chi connectivity index (χ0n) is 10.6. The summed E-state index contributed by atoms with van der Waals surface area (Å²) in [6.07, 6.45) is 3.89. The number of oxazole rings is 1. The van der Waals surface area contributed by atoms with Crippen LogP contribution in [0.25, 0.3) is 0 Å². The molecule has 2 rings (SSSR count). The molecule has 0 aromatic carbocycles. The van der Waals surface area contributed by atoms with Crippen molar-refractivity contribution in [2.75, 3.05) is 0 Å². The first kappa shape index (κ1) is 13.2. The van der Waals surface area contributed by atoms with Crippen LogP contribution in [0, 0.1) is 0 Å². The fourth-order valence-corrected chi connectivity index (χ4v) is 1.55. The van der Waals surface area contributed by atoms with Crippen LogP contribution >= 0.6 is 0 Å². The highest BCUT2D eigenvalue weighted by Crippen LogP contribution is 2.04. The summed E-state index contributed by atoms with van der Waals surface area (Å²) in [4.78, 5) is 18.9. The minimum Gasteiger partial charge on any atom is -0.478 e. The number of pyridine rings is 1. The predicted molar refractivity (Wildman–Crippen MR) is 67.6 cm³/mol. The molecule has 2 N–H and O–H groups in total. The van der Waals surface area contributed by atoms with E-state index in [1.807, 2.05) is 6.92 Å². The Morgan fingerprint density at radius 2 is 2.16 bits per heavy atom. The molecule has 6 nitrogen and oxygen atoms in total. The Balaban J connectivity index is 1.83. The third kappa shape index (κ3) is 3.62. The maximum absolute atomic E-state index is 10.7. The molecule has 2 aromatic rings. The molecule has 2 heterocycles. The second-order valence-electron chi connectivity index (χ2n) is 4.02. The van der Waals surface area contributed by atoms with E-state index in [1.165, 1.54) is 12.3 Å². The van der Waals surface area contributed by atoms with Gasteiger partial charge in [0, 0.05) is 19.2 Å². The van der Waals surface area contributed by atoms with Gasteiger partial charge in [0.2, 0.25) is 5.89 Å². The molecular formula is C13H15N3O3. The van der Waals surface area contributed by atoms with Gasteiger partial charge in [-0.2, -0.15) is 0 Å². The number of rotatable bonds is 6. The lowest BCUT2D eigenvalue weighted by atomic mass is 10.2. The Hall–Kier alpha value is -2.21. The summed E-state index contributed by atoms with van der Waals surface area (Å²) in [7, 11) is 0. The molecule has 0 atom stereocenters. The first-order chi connectivity index (χ1) is 9.19. The number of carboxylic acid groups (broad SMARTS) is 1. The first-order valence-electron chi connectivity index (χ1n) is 6.01. The van der Waals surface area contributed by atoms with E-state index in [-0.39, 0.29) is 5.56 Å². The third-order valence-electron chi connectivity index (χ3n) is 2.60. The van der Waals surface area contributed by atoms with E-state index in [2.05, 4.69) is 15.3 Å². The smallest absolute Gasteiger partial charge is 0.337 e. The van der Waals surface area contributed by atoms with E-state index in [0.717, 1.165) is 17.9 Å². The van der Waals surface area contributed by atoms with Crippen molar-refractivity contribution in [1.29, 1.82) is 0 Å². The second-order valence-corrected chi connectivity index (χ2v) is 4.02. The van der Waals surface area contributed by atoms with Gasteiger partial charge in [-0.05, 0) is 12.1 Å². The molecule has 0 aliphatic rings. The number of aryl methyl sites for hydroxylation is 1. The third-order valence-corrected chi connectivity index (χ3v) is 2.60. The molecule has 100 valence electrons. The summed E-state index contributed by atoms with van der Waals surface area (Å²) in [6, 6.07) is 3.22. The lowest BCUT2D eigenvalue weighted by Crippen LogP contribution is -2.14. The van der Waals surface area contributed by atoms with Gasteiger partial charge in [-0.1, -0.05) is 6.92 Å². The van der Waals surface area contributed by atoms with E-state index in [0.29, 0.717) is 19.0 Å². The Kier molecular flexibility index (Phi) is 4.25. The summed E-state index contributed by atoms with van der Waals surface area (Å²) in [6.45, 7) is 3.05. The number of hydrogen-bond acceptors (Lipinski definition) is 5. The summed E-state index contributed by atoms with van der Waals surface area (Å²) in [5, 5.41) is 11.9. The average molecular weight is 261 g/mol. The number of aromatic carboxylic acids is 1. The first-order valence-corrected chi connectivity index (χ1v) is 6.01. The highest BCUT2D eigenvalue weighted by molar-refractivity contribution is 5.87. The lowest BCUT2D eigenvalue weighted by molar-refractivity contribution is 0.0696. The number of nitrogens with zero attached hydrogens (tertiary/aromatic N) is 2. The average Bonchev–Trinajstić information content (AvgIpc) is 2.87. The SMILES string of the molecule is CCc1cnc(CNCc2ccc(C(=O)O)cn2)o1. The van der Waals surface area contributed by atoms with Gasteiger partial charge in [-0.3, -0.25) is 4.98 Å². The van der Waals surface area contributed by atoms with Crippen LogP contribution < -0.4 is 5.32 Å². The van der Waals surface area contributed by atoms with Gasteiger partial charge in [0.1, 0.15) is 5.76 Å². The highest BCUT2D eigenvalue weighted by atomic mass is 16.4. The maximum Gasteiger partial charge on any atom is 0.337 e. The van der Waals surface area contributed by atoms with E-state index < -0.39 is 5.97 Å². The quantitative estimate of drug-likeness (QED) is 0.821. The molecule has 0 unspecified atom stereocenters. The molecule has 0 amide bonds. The number of carbonyl (C=O) groups is 1. The van der Waals surface area contributed by atoms with Crippen molar-refractivity contribution < 1.29 is 14.3 Å². The van der Waals surface area contributed by atoms with E-state index in [1.54, 1.807) is 12.3 Å². The Labute approximate surface area is 110 Å². The minimum absolute atomic E-state index is 0.184. The molecule has 0 aliphatic heterocycles. The van der Waals surface area contributed by atoms with Crippen molar-refractivity contribution in [3.05, 3.63) is 47.4 Å². The standard InChI is InChI=1S/C13H15N3O3/c1-2-11-7-16-12(19-11)8-14-6-10-4-3-9(5-15-10)13(17)18/h3-5,7,14H,2,6,8H2,1H3,(H,17,18). The number of aromatic nitrogens is 2. The Bertz CT molecular complexity index is 549. The van der Waals surface area contributed by atoms with Crippen molar-refractivity contribution in [1.82, 2.24) is 15.3 Å². The zero-order chi connectivity index (χ0) is 13.7. The van der Waals surface area contributed by atoms with Gasteiger partial charge in [-0.25, -0.2) is 9.78 Å². The number of nitrogens with one attached hydrogen (secondary N) is 1.